The fourth-order valence-corrected chi connectivity index (χ4v) is 3.98. The topological polar surface area (TPSA) is 25.2 Å². The molecule has 0 amide bonds. The first-order valence-electron chi connectivity index (χ1n) is 5.54. The summed E-state index contributed by atoms with van der Waals surface area (Å²) >= 11 is 14.6. The number of nitrogens with one attached hydrogen (secondary N) is 1. The van der Waals surface area contributed by atoms with Crippen LogP contribution in [0.4, 0.5) is 0 Å². The van der Waals surface area contributed by atoms with Crippen molar-refractivity contribution in [3.05, 3.63) is 42.3 Å². The van der Waals surface area contributed by atoms with E-state index in [1.807, 2.05) is 12.1 Å². The fourth-order valence-electron chi connectivity index (χ4n) is 1.67. The Morgan fingerprint density at radius 1 is 1.50 bits per heavy atom. The number of hydrogen-bond donors (Lipinski definition) is 1. The summed E-state index contributed by atoms with van der Waals surface area (Å²) in [6.07, 6.45) is 2.76. The van der Waals surface area contributed by atoms with Gasteiger partial charge in [-0.3, -0.25) is 0 Å². The number of furan rings is 1. The Kier molecular flexibility index (Phi) is 5.33. The first-order chi connectivity index (χ1) is 8.63. The minimum atomic E-state index is 0.104. The second kappa shape index (κ2) is 6.57. The number of rotatable bonds is 5. The van der Waals surface area contributed by atoms with Crippen LogP contribution in [0, 0.1) is 0 Å². The average Bonchev–Trinajstić information content (AvgIpc) is 2.88. The maximum absolute atomic E-state index is 6.11. The van der Waals surface area contributed by atoms with Crippen LogP contribution in [0.3, 0.4) is 0 Å². The Morgan fingerprint density at radius 3 is 2.78 bits per heavy atom. The normalized spacial score (nSPS) is 12.9. The van der Waals surface area contributed by atoms with Crippen LogP contribution in [0.5, 0.6) is 0 Å². The van der Waals surface area contributed by atoms with E-state index < -0.39 is 0 Å². The Bertz CT molecular complexity index is 506. The molecule has 0 saturated heterocycles. The van der Waals surface area contributed by atoms with E-state index in [9.17, 15) is 0 Å². The second-order valence-corrected chi connectivity index (χ2v) is 7.34. The summed E-state index contributed by atoms with van der Waals surface area (Å²) in [5.74, 6) is 0. The molecule has 0 aliphatic carbocycles. The summed E-state index contributed by atoms with van der Waals surface area (Å²) in [6.45, 7) is 3.08. The van der Waals surface area contributed by atoms with E-state index in [0.717, 1.165) is 32.0 Å². The first-order valence-corrected chi connectivity index (χ1v) is 8.32. The molecule has 0 aliphatic heterocycles. The minimum absolute atomic E-state index is 0.104. The van der Waals surface area contributed by atoms with Crippen molar-refractivity contribution in [1.29, 1.82) is 0 Å². The first kappa shape index (κ1) is 14.6. The van der Waals surface area contributed by atoms with Gasteiger partial charge in [0.1, 0.15) is 0 Å². The molecule has 0 aromatic carbocycles. The van der Waals surface area contributed by atoms with Gasteiger partial charge in [-0.15, -0.1) is 11.3 Å². The predicted molar refractivity (Wildman–Crippen MR) is 83.6 cm³/mol. The van der Waals surface area contributed by atoms with Crippen LogP contribution in [0.25, 0.3) is 0 Å². The Balaban J connectivity index is 2.33. The molecule has 2 heterocycles. The Morgan fingerprint density at radius 2 is 2.28 bits per heavy atom. The van der Waals surface area contributed by atoms with E-state index in [0.29, 0.717) is 0 Å². The molecule has 2 nitrogen and oxygen atoms in total. The third-order valence-corrected chi connectivity index (χ3v) is 5.69. The molecular formula is C12H12Br2ClNOS. The SMILES string of the molecule is CCCNC(c1cc(Cl)c(Br)s1)c1ccoc1Br. The van der Waals surface area contributed by atoms with Crippen molar-refractivity contribution in [1.82, 2.24) is 5.32 Å². The van der Waals surface area contributed by atoms with E-state index in [1.54, 1.807) is 17.6 Å². The Labute approximate surface area is 132 Å². The molecule has 2 aromatic heterocycles. The zero-order valence-corrected chi connectivity index (χ0v) is 14.4. The fraction of sp³-hybridized carbons (Fsp3) is 0.333. The highest BCUT2D eigenvalue weighted by atomic mass is 79.9. The van der Waals surface area contributed by atoms with Crippen LogP contribution in [0.1, 0.15) is 29.8 Å². The molecule has 0 bridgehead atoms. The van der Waals surface area contributed by atoms with E-state index >= 15 is 0 Å². The molecule has 2 rings (SSSR count). The summed E-state index contributed by atoms with van der Waals surface area (Å²) < 4.78 is 7.04. The molecule has 6 heteroatoms. The van der Waals surface area contributed by atoms with Crippen molar-refractivity contribution in [3.8, 4) is 0 Å². The van der Waals surface area contributed by atoms with Gasteiger partial charge in [-0.05, 0) is 57.0 Å². The van der Waals surface area contributed by atoms with Crippen LogP contribution in [-0.2, 0) is 0 Å². The van der Waals surface area contributed by atoms with Gasteiger partial charge in [0.15, 0.2) is 4.67 Å². The number of hydrogen-bond acceptors (Lipinski definition) is 3. The third kappa shape index (κ3) is 3.20. The van der Waals surface area contributed by atoms with Crippen LogP contribution in [0.15, 0.2) is 31.3 Å². The van der Waals surface area contributed by atoms with Crippen molar-refractivity contribution in [2.75, 3.05) is 6.54 Å². The average molecular weight is 414 g/mol. The quantitative estimate of drug-likeness (QED) is 0.689. The lowest BCUT2D eigenvalue weighted by molar-refractivity contribution is 0.525. The smallest absolute Gasteiger partial charge is 0.174 e. The van der Waals surface area contributed by atoms with Crippen molar-refractivity contribution >= 4 is 54.8 Å². The van der Waals surface area contributed by atoms with Gasteiger partial charge >= 0.3 is 0 Å². The van der Waals surface area contributed by atoms with Gasteiger partial charge in [-0.1, -0.05) is 18.5 Å². The molecule has 1 unspecified atom stereocenters. The maximum Gasteiger partial charge on any atom is 0.174 e. The van der Waals surface area contributed by atoms with E-state index in [1.165, 1.54) is 4.88 Å². The van der Waals surface area contributed by atoms with E-state index in [-0.39, 0.29) is 6.04 Å². The molecule has 18 heavy (non-hydrogen) atoms. The van der Waals surface area contributed by atoms with Gasteiger partial charge in [0.25, 0.3) is 0 Å². The van der Waals surface area contributed by atoms with Crippen LogP contribution in [0.2, 0.25) is 5.02 Å². The second-order valence-electron chi connectivity index (χ2n) is 3.81. The molecule has 0 saturated carbocycles. The summed E-state index contributed by atoms with van der Waals surface area (Å²) in [6, 6.07) is 4.06. The zero-order chi connectivity index (χ0) is 13.1. The molecule has 0 aliphatic rings. The molecule has 1 atom stereocenters. The standard InChI is InChI=1S/C12H12Br2ClNOS/c1-2-4-16-10(7-3-5-17-11(7)13)9-6-8(15)12(14)18-9/h3,5-6,10,16H,2,4H2,1H3. The summed E-state index contributed by atoms with van der Waals surface area (Å²) in [7, 11) is 0. The molecule has 98 valence electrons. The molecule has 0 fully saturated rings. The van der Waals surface area contributed by atoms with Gasteiger partial charge < -0.3 is 9.73 Å². The zero-order valence-electron chi connectivity index (χ0n) is 9.67. The number of thiophene rings is 1. The molecule has 2 aromatic rings. The van der Waals surface area contributed by atoms with E-state index in [2.05, 4.69) is 44.1 Å². The summed E-state index contributed by atoms with van der Waals surface area (Å²) in [5.41, 5.74) is 1.09. The lowest BCUT2D eigenvalue weighted by atomic mass is 10.1. The van der Waals surface area contributed by atoms with Gasteiger partial charge in [0.2, 0.25) is 0 Å². The maximum atomic E-state index is 6.11. The lowest BCUT2D eigenvalue weighted by Crippen LogP contribution is -2.22. The molecular weight excluding hydrogens is 401 g/mol. The van der Waals surface area contributed by atoms with Crippen LogP contribution < -0.4 is 5.32 Å². The van der Waals surface area contributed by atoms with Crippen molar-refractivity contribution in [3.63, 3.8) is 0 Å². The van der Waals surface area contributed by atoms with Crippen molar-refractivity contribution < 1.29 is 4.42 Å². The Hall–Kier alpha value is 0.190. The summed E-state index contributed by atoms with van der Waals surface area (Å²) in [4.78, 5) is 1.17. The molecule has 0 spiro atoms. The highest BCUT2D eigenvalue weighted by Gasteiger charge is 2.21. The molecule has 0 radical (unpaired) electrons. The van der Waals surface area contributed by atoms with E-state index in [4.69, 9.17) is 16.0 Å². The predicted octanol–water partition coefficient (Wildman–Crippen LogP) is 5.61. The monoisotopic (exact) mass is 411 g/mol. The van der Waals surface area contributed by atoms with Crippen molar-refractivity contribution in [2.24, 2.45) is 0 Å². The lowest BCUT2D eigenvalue weighted by Gasteiger charge is -2.16. The highest BCUT2D eigenvalue weighted by Crippen LogP contribution is 2.39. The highest BCUT2D eigenvalue weighted by molar-refractivity contribution is 9.11. The molecule has 1 N–H and O–H groups in total. The van der Waals surface area contributed by atoms with Gasteiger partial charge in [-0.2, -0.15) is 0 Å². The van der Waals surface area contributed by atoms with Gasteiger partial charge in [0.05, 0.1) is 21.1 Å². The minimum Gasteiger partial charge on any atom is -0.457 e. The van der Waals surface area contributed by atoms with Crippen molar-refractivity contribution in [2.45, 2.75) is 19.4 Å². The van der Waals surface area contributed by atoms with Gasteiger partial charge in [-0.25, -0.2) is 0 Å². The van der Waals surface area contributed by atoms with Crippen LogP contribution in [-0.4, -0.2) is 6.54 Å². The largest absolute Gasteiger partial charge is 0.457 e. The third-order valence-electron chi connectivity index (χ3n) is 2.50. The van der Waals surface area contributed by atoms with Crippen LogP contribution >= 0.6 is 54.8 Å². The number of halogens is 3. The van der Waals surface area contributed by atoms with Gasteiger partial charge in [0, 0.05) is 10.4 Å². The summed E-state index contributed by atoms with van der Waals surface area (Å²) in [5, 5.41) is 4.26.